The van der Waals surface area contributed by atoms with E-state index in [1.807, 2.05) is 0 Å². The van der Waals surface area contributed by atoms with Crippen molar-refractivity contribution in [3.8, 4) is 0 Å². The summed E-state index contributed by atoms with van der Waals surface area (Å²) in [6.07, 6.45) is 7.19. The number of hydrogen-bond acceptors (Lipinski definition) is 2. The summed E-state index contributed by atoms with van der Waals surface area (Å²) in [4.78, 5) is 2.68. The number of nitrogens with one attached hydrogen (secondary N) is 1. The Morgan fingerprint density at radius 1 is 1.11 bits per heavy atom. The van der Waals surface area contributed by atoms with Crippen LogP contribution in [-0.4, -0.2) is 19.6 Å². The predicted octanol–water partition coefficient (Wildman–Crippen LogP) is 3.27. The minimum Gasteiger partial charge on any atom is -0.369 e. The van der Waals surface area contributed by atoms with Crippen LogP contribution in [0.2, 0.25) is 0 Å². The highest BCUT2D eigenvalue weighted by atomic mass is 15.2. The van der Waals surface area contributed by atoms with Crippen molar-refractivity contribution in [3.05, 3.63) is 29.3 Å². The largest absolute Gasteiger partial charge is 0.369 e. The molecule has 1 aliphatic carbocycles. The van der Waals surface area contributed by atoms with Crippen molar-refractivity contribution < 1.29 is 0 Å². The van der Waals surface area contributed by atoms with Crippen molar-refractivity contribution in [3.63, 3.8) is 0 Å². The third kappa shape index (κ3) is 1.97. The summed E-state index contributed by atoms with van der Waals surface area (Å²) in [6, 6.07) is 7.02. The van der Waals surface area contributed by atoms with E-state index >= 15 is 0 Å². The minimum absolute atomic E-state index is 0.840. The quantitative estimate of drug-likeness (QED) is 0.766. The second-order valence-electron chi connectivity index (χ2n) is 6.48. The topological polar surface area (TPSA) is 15.3 Å². The van der Waals surface area contributed by atoms with Gasteiger partial charge in [-0.15, -0.1) is 0 Å². The Kier molecular flexibility index (Phi) is 2.99. The minimum atomic E-state index is 0.840. The van der Waals surface area contributed by atoms with Gasteiger partial charge in [-0.3, -0.25) is 0 Å². The molecular weight excluding hydrogens is 232 g/mol. The van der Waals surface area contributed by atoms with Crippen LogP contribution in [0.15, 0.2) is 18.2 Å². The maximum Gasteiger partial charge on any atom is 0.0447 e. The second kappa shape index (κ2) is 4.82. The first-order valence-corrected chi connectivity index (χ1v) is 8.01. The first kappa shape index (κ1) is 11.8. The number of rotatable bonds is 0. The third-order valence-electron chi connectivity index (χ3n) is 5.35. The summed E-state index contributed by atoms with van der Waals surface area (Å²) in [6.45, 7) is 4.67. The van der Waals surface area contributed by atoms with Crippen LogP contribution in [0.25, 0.3) is 0 Å². The SMILES string of the molecule is c1cc2c3c(c1)C1CCCCCC1CN3CCNC2. The molecule has 0 bridgehead atoms. The summed E-state index contributed by atoms with van der Waals surface area (Å²) >= 11 is 0. The highest BCUT2D eigenvalue weighted by Crippen LogP contribution is 2.46. The Hall–Kier alpha value is -1.02. The highest BCUT2D eigenvalue weighted by molar-refractivity contribution is 5.63. The maximum absolute atomic E-state index is 3.57. The molecular formula is C17H24N2. The van der Waals surface area contributed by atoms with Gasteiger partial charge in [0, 0.05) is 31.9 Å². The van der Waals surface area contributed by atoms with Gasteiger partial charge in [0.15, 0.2) is 0 Å². The van der Waals surface area contributed by atoms with Crippen molar-refractivity contribution in [1.82, 2.24) is 5.32 Å². The first-order chi connectivity index (χ1) is 9.43. The molecule has 1 fully saturated rings. The first-order valence-electron chi connectivity index (χ1n) is 8.01. The van der Waals surface area contributed by atoms with Gasteiger partial charge < -0.3 is 10.2 Å². The zero-order valence-corrected chi connectivity index (χ0v) is 11.7. The molecule has 4 rings (SSSR count). The van der Waals surface area contributed by atoms with Crippen LogP contribution in [0.1, 0.15) is 49.1 Å². The molecule has 102 valence electrons. The van der Waals surface area contributed by atoms with Crippen LogP contribution >= 0.6 is 0 Å². The third-order valence-corrected chi connectivity index (χ3v) is 5.35. The fraction of sp³-hybridized carbons (Fsp3) is 0.647. The fourth-order valence-corrected chi connectivity index (χ4v) is 4.47. The van der Waals surface area contributed by atoms with Gasteiger partial charge in [-0.2, -0.15) is 0 Å². The zero-order chi connectivity index (χ0) is 12.7. The molecule has 3 aliphatic rings. The molecule has 0 amide bonds. The number of anilines is 1. The van der Waals surface area contributed by atoms with E-state index in [0.717, 1.165) is 24.9 Å². The van der Waals surface area contributed by atoms with Crippen LogP contribution in [0.4, 0.5) is 5.69 Å². The smallest absolute Gasteiger partial charge is 0.0447 e. The van der Waals surface area contributed by atoms with E-state index in [2.05, 4.69) is 28.4 Å². The molecule has 1 aromatic carbocycles. The van der Waals surface area contributed by atoms with Crippen molar-refractivity contribution in [2.75, 3.05) is 24.5 Å². The molecule has 2 heterocycles. The standard InChI is InChI=1S/C17H24N2/c1-2-5-14-12-19-10-9-18-11-13-6-4-8-16(17(13)19)15(14)7-3-1/h4,6,8,14-15,18H,1-3,5,7,9-12H2. The number of hydrogen-bond donors (Lipinski definition) is 1. The van der Waals surface area contributed by atoms with Crippen LogP contribution in [0, 0.1) is 5.92 Å². The Labute approximate surface area is 116 Å². The normalized spacial score (nSPS) is 30.0. The van der Waals surface area contributed by atoms with Gasteiger partial charge in [0.1, 0.15) is 0 Å². The molecule has 0 radical (unpaired) electrons. The summed E-state index contributed by atoms with van der Waals surface area (Å²) in [5, 5.41) is 3.57. The van der Waals surface area contributed by atoms with Crippen molar-refractivity contribution in [2.45, 2.75) is 44.6 Å². The number of para-hydroxylation sites is 1. The van der Waals surface area contributed by atoms with E-state index in [1.54, 1.807) is 11.3 Å². The monoisotopic (exact) mass is 256 g/mol. The molecule has 1 saturated carbocycles. The van der Waals surface area contributed by atoms with Gasteiger partial charge in [-0.1, -0.05) is 37.5 Å². The van der Waals surface area contributed by atoms with Crippen LogP contribution in [0.5, 0.6) is 0 Å². The summed E-state index contributed by atoms with van der Waals surface area (Å²) < 4.78 is 0. The average molecular weight is 256 g/mol. The van der Waals surface area contributed by atoms with E-state index in [-0.39, 0.29) is 0 Å². The van der Waals surface area contributed by atoms with Gasteiger partial charge in [0.25, 0.3) is 0 Å². The molecule has 0 saturated heterocycles. The summed E-state index contributed by atoms with van der Waals surface area (Å²) in [5.74, 6) is 1.75. The molecule has 1 aromatic rings. The van der Waals surface area contributed by atoms with Crippen molar-refractivity contribution in [1.29, 1.82) is 0 Å². The Morgan fingerprint density at radius 2 is 2.05 bits per heavy atom. The molecule has 0 spiro atoms. The average Bonchev–Trinajstić information content (AvgIpc) is 2.79. The van der Waals surface area contributed by atoms with Gasteiger partial charge in [0.2, 0.25) is 0 Å². The van der Waals surface area contributed by atoms with Crippen LogP contribution < -0.4 is 10.2 Å². The van der Waals surface area contributed by atoms with Crippen molar-refractivity contribution in [2.24, 2.45) is 5.92 Å². The summed E-state index contributed by atoms with van der Waals surface area (Å²) in [7, 11) is 0. The lowest BCUT2D eigenvalue weighted by molar-refractivity contribution is 0.380. The van der Waals surface area contributed by atoms with Crippen LogP contribution in [0.3, 0.4) is 0 Å². The van der Waals surface area contributed by atoms with E-state index in [0.29, 0.717) is 0 Å². The molecule has 2 unspecified atom stereocenters. The lowest BCUT2D eigenvalue weighted by Gasteiger charge is -2.41. The van der Waals surface area contributed by atoms with E-state index < -0.39 is 0 Å². The lowest BCUT2D eigenvalue weighted by Crippen LogP contribution is -2.39. The lowest BCUT2D eigenvalue weighted by atomic mass is 9.77. The van der Waals surface area contributed by atoms with Crippen LogP contribution in [-0.2, 0) is 6.54 Å². The predicted molar refractivity (Wildman–Crippen MR) is 79.7 cm³/mol. The van der Waals surface area contributed by atoms with E-state index in [9.17, 15) is 0 Å². The molecule has 2 nitrogen and oxygen atoms in total. The van der Waals surface area contributed by atoms with Gasteiger partial charge in [-0.05, 0) is 35.8 Å². The molecule has 2 aliphatic heterocycles. The van der Waals surface area contributed by atoms with Gasteiger partial charge in [-0.25, -0.2) is 0 Å². The maximum atomic E-state index is 3.57. The number of benzene rings is 1. The van der Waals surface area contributed by atoms with E-state index in [4.69, 9.17) is 0 Å². The molecule has 1 N–H and O–H groups in total. The molecule has 2 atom stereocenters. The molecule has 0 aromatic heterocycles. The fourth-order valence-electron chi connectivity index (χ4n) is 4.47. The van der Waals surface area contributed by atoms with Gasteiger partial charge in [0.05, 0.1) is 0 Å². The zero-order valence-electron chi connectivity index (χ0n) is 11.7. The molecule has 2 heteroatoms. The van der Waals surface area contributed by atoms with Crippen molar-refractivity contribution >= 4 is 5.69 Å². The molecule has 19 heavy (non-hydrogen) atoms. The Bertz CT molecular complexity index is 468. The van der Waals surface area contributed by atoms with Gasteiger partial charge >= 0.3 is 0 Å². The highest BCUT2D eigenvalue weighted by Gasteiger charge is 2.35. The number of fused-ring (bicyclic) bond motifs is 2. The second-order valence-corrected chi connectivity index (χ2v) is 6.48. The van der Waals surface area contributed by atoms with E-state index in [1.165, 1.54) is 50.8 Å². The number of nitrogens with zero attached hydrogens (tertiary/aromatic N) is 1. The Balaban J connectivity index is 1.81. The summed E-state index contributed by atoms with van der Waals surface area (Å²) in [5.41, 5.74) is 4.78. The Morgan fingerprint density at radius 3 is 3.05 bits per heavy atom.